The first-order valence-corrected chi connectivity index (χ1v) is 10.4. The summed E-state index contributed by atoms with van der Waals surface area (Å²) in [4.78, 5) is 25.1. The number of hydrogen-bond donors (Lipinski definition) is 1. The van der Waals surface area contributed by atoms with E-state index in [2.05, 4.69) is 10.5 Å². The van der Waals surface area contributed by atoms with E-state index < -0.39 is 11.9 Å². The first-order chi connectivity index (χ1) is 16.3. The zero-order valence-corrected chi connectivity index (χ0v) is 19.3. The van der Waals surface area contributed by atoms with Gasteiger partial charge in [0, 0.05) is 6.07 Å². The van der Waals surface area contributed by atoms with Crippen molar-refractivity contribution in [3.05, 3.63) is 69.9 Å². The van der Waals surface area contributed by atoms with Crippen molar-refractivity contribution in [2.75, 3.05) is 19.0 Å². The topological polar surface area (TPSA) is 124 Å². The van der Waals surface area contributed by atoms with Crippen molar-refractivity contribution in [1.29, 1.82) is 5.26 Å². The number of anilines is 1. The Morgan fingerprint density at radius 1 is 1.26 bits per heavy atom. The van der Waals surface area contributed by atoms with Gasteiger partial charge in [-0.25, -0.2) is 4.79 Å². The predicted octanol–water partition coefficient (Wildman–Crippen LogP) is 4.81. The highest BCUT2D eigenvalue weighted by atomic mass is 35.5. The molecule has 0 fully saturated rings. The highest BCUT2D eigenvalue weighted by Gasteiger charge is 2.19. The second-order valence-electron chi connectivity index (χ2n) is 6.83. The summed E-state index contributed by atoms with van der Waals surface area (Å²) in [5.74, 6) is 0.0101. The number of rotatable bonds is 8. The van der Waals surface area contributed by atoms with Crippen molar-refractivity contribution in [3.8, 4) is 23.3 Å². The zero-order chi connectivity index (χ0) is 24.7. The molecular weight excluding hydrogens is 462 g/mol. The van der Waals surface area contributed by atoms with E-state index in [4.69, 9.17) is 30.3 Å². The largest absolute Gasteiger partial charge is 0.497 e. The van der Waals surface area contributed by atoms with E-state index in [1.54, 1.807) is 32.0 Å². The summed E-state index contributed by atoms with van der Waals surface area (Å²) in [6.45, 7) is 3.67. The van der Waals surface area contributed by atoms with Gasteiger partial charge in [0.25, 0.3) is 5.91 Å². The predicted molar refractivity (Wildman–Crippen MR) is 124 cm³/mol. The molecule has 0 radical (unpaired) electrons. The molecule has 0 saturated heterocycles. The van der Waals surface area contributed by atoms with Crippen LogP contribution in [-0.4, -0.2) is 30.7 Å². The van der Waals surface area contributed by atoms with Gasteiger partial charge in [0.1, 0.15) is 23.2 Å². The fourth-order valence-corrected chi connectivity index (χ4v) is 3.12. The van der Waals surface area contributed by atoms with Crippen LogP contribution >= 0.6 is 11.6 Å². The van der Waals surface area contributed by atoms with E-state index in [1.807, 2.05) is 6.07 Å². The number of nitriles is 1. The average molecular weight is 482 g/mol. The maximum atomic E-state index is 12.7. The second kappa shape index (κ2) is 11.0. The van der Waals surface area contributed by atoms with Gasteiger partial charge >= 0.3 is 5.97 Å². The summed E-state index contributed by atoms with van der Waals surface area (Å²) in [7, 11) is 1.49. The standard InChI is InChI=1S/C24H20ClN3O6/c1-4-32-20-11-15(9-17(13-26)23(29)27-21-8-14(2)34-28-21)10-19(25)22(20)33-24(30)16-6-5-7-18(12-16)31-3/h5-12H,4H2,1-3H3,(H,27,28,29)/b17-9-. The molecule has 174 valence electrons. The molecule has 1 heterocycles. The number of halogens is 1. The van der Waals surface area contributed by atoms with Crippen LogP contribution in [0.1, 0.15) is 28.6 Å². The van der Waals surface area contributed by atoms with Gasteiger partial charge in [-0.3, -0.25) is 4.79 Å². The summed E-state index contributed by atoms with van der Waals surface area (Å²) in [6, 6.07) is 12.8. The number of nitrogens with zero attached hydrogens (tertiary/aromatic N) is 2. The van der Waals surface area contributed by atoms with Crippen LogP contribution in [0.5, 0.6) is 17.2 Å². The van der Waals surface area contributed by atoms with Crippen molar-refractivity contribution in [2.45, 2.75) is 13.8 Å². The minimum Gasteiger partial charge on any atom is -0.497 e. The van der Waals surface area contributed by atoms with Crippen LogP contribution < -0.4 is 19.5 Å². The molecule has 3 aromatic rings. The lowest BCUT2D eigenvalue weighted by molar-refractivity contribution is -0.112. The van der Waals surface area contributed by atoms with Gasteiger partial charge in [0.15, 0.2) is 17.3 Å². The quantitative estimate of drug-likeness (QED) is 0.210. The number of benzene rings is 2. The summed E-state index contributed by atoms with van der Waals surface area (Å²) in [5, 5.41) is 15.7. The molecule has 1 N–H and O–H groups in total. The molecular formula is C24H20ClN3O6. The van der Waals surface area contributed by atoms with Crippen LogP contribution in [-0.2, 0) is 4.79 Å². The molecule has 1 amide bonds. The molecule has 0 spiro atoms. The fourth-order valence-electron chi connectivity index (χ4n) is 2.86. The third-order valence-electron chi connectivity index (χ3n) is 4.38. The Hall–Kier alpha value is -4.29. The molecule has 34 heavy (non-hydrogen) atoms. The van der Waals surface area contributed by atoms with Gasteiger partial charge in [0.2, 0.25) is 0 Å². The van der Waals surface area contributed by atoms with E-state index in [9.17, 15) is 14.9 Å². The number of carbonyl (C=O) groups is 2. The van der Waals surface area contributed by atoms with Crippen LogP contribution in [0.3, 0.4) is 0 Å². The number of ether oxygens (including phenoxy) is 3. The lowest BCUT2D eigenvalue weighted by atomic mass is 10.1. The molecule has 3 rings (SSSR count). The molecule has 0 unspecified atom stereocenters. The van der Waals surface area contributed by atoms with Crippen molar-refractivity contribution in [2.24, 2.45) is 0 Å². The van der Waals surface area contributed by atoms with E-state index >= 15 is 0 Å². The normalized spacial score (nSPS) is 10.9. The maximum absolute atomic E-state index is 12.7. The Morgan fingerprint density at radius 2 is 2.06 bits per heavy atom. The first kappa shape index (κ1) is 24.4. The van der Waals surface area contributed by atoms with E-state index in [0.717, 1.165) is 0 Å². The van der Waals surface area contributed by atoms with E-state index in [0.29, 0.717) is 17.1 Å². The SMILES string of the molecule is CCOc1cc(/C=C(/C#N)C(=O)Nc2cc(C)on2)cc(Cl)c1OC(=O)c1cccc(OC)c1. The van der Waals surface area contributed by atoms with Gasteiger partial charge in [-0.2, -0.15) is 5.26 Å². The molecule has 9 nitrogen and oxygen atoms in total. The number of esters is 1. The number of aryl methyl sites for hydroxylation is 1. The summed E-state index contributed by atoms with van der Waals surface area (Å²) in [6.07, 6.45) is 1.32. The minimum atomic E-state index is -0.682. The number of carbonyl (C=O) groups excluding carboxylic acids is 2. The Balaban J connectivity index is 1.89. The Labute approximate surface area is 200 Å². The monoisotopic (exact) mass is 481 g/mol. The number of nitrogens with one attached hydrogen (secondary N) is 1. The van der Waals surface area contributed by atoms with Gasteiger partial charge in [0.05, 0.1) is 24.3 Å². The van der Waals surface area contributed by atoms with Crippen LogP contribution in [0.15, 0.2) is 52.6 Å². The number of aromatic nitrogens is 1. The average Bonchev–Trinajstić information content (AvgIpc) is 3.23. The Bertz CT molecular complexity index is 1290. The highest BCUT2D eigenvalue weighted by molar-refractivity contribution is 6.32. The Kier molecular flexibility index (Phi) is 7.90. The third kappa shape index (κ3) is 5.94. The second-order valence-corrected chi connectivity index (χ2v) is 7.24. The molecule has 2 aromatic carbocycles. The molecule has 0 atom stereocenters. The summed E-state index contributed by atoms with van der Waals surface area (Å²) in [5.41, 5.74) is 0.436. The van der Waals surface area contributed by atoms with Crippen LogP contribution in [0.2, 0.25) is 5.02 Å². The fraction of sp³-hybridized carbons (Fsp3) is 0.167. The number of amides is 1. The van der Waals surface area contributed by atoms with Gasteiger partial charge < -0.3 is 24.1 Å². The first-order valence-electron chi connectivity index (χ1n) is 10.0. The summed E-state index contributed by atoms with van der Waals surface area (Å²) >= 11 is 6.38. The lowest BCUT2D eigenvalue weighted by Gasteiger charge is -2.14. The van der Waals surface area contributed by atoms with Crippen molar-refractivity contribution >= 4 is 35.4 Å². The van der Waals surface area contributed by atoms with E-state index in [-0.39, 0.29) is 40.1 Å². The smallest absolute Gasteiger partial charge is 0.343 e. The molecule has 0 bridgehead atoms. The lowest BCUT2D eigenvalue weighted by Crippen LogP contribution is -2.13. The molecule has 0 saturated carbocycles. The van der Waals surface area contributed by atoms with Crippen molar-refractivity contribution in [3.63, 3.8) is 0 Å². The minimum absolute atomic E-state index is 0.00881. The van der Waals surface area contributed by atoms with E-state index in [1.165, 1.54) is 37.5 Å². The van der Waals surface area contributed by atoms with Crippen LogP contribution in [0.25, 0.3) is 6.08 Å². The van der Waals surface area contributed by atoms with Crippen LogP contribution in [0, 0.1) is 18.3 Å². The highest BCUT2D eigenvalue weighted by Crippen LogP contribution is 2.38. The van der Waals surface area contributed by atoms with Gasteiger partial charge in [-0.05, 0) is 55.8 Å². The number of methoxy groups -OCH3 is 1. The maximum Gasteiger partial charge on any atom is 0.343 e. The molecule has 0 aliphatic heterocycles. The molecule has 1 aromatic heterocycles. The van der Waals surface area contributed by atoms with Crippen molar-refractivity contribution in [1.82, 2.24) is 5.16 Å². The van der Waals surface area contributed by atoms with Gasteiger partial charge in [-0.15, -0.1) is 0 Å². The molecule has 10 heteroatoms. The van der Waals surface area contributed by atoms with Crippen LogP contribution in [0.4, 0.5) is 5.82 Å². The van der Waals surface area contributed by atoms with Crippen molar-refractivity contribution < 1.29 is 28.3 Å². The zero-order valence-electron chi connectivity index (χ0n) is 18.5. The molecule has 0 aliphatic carbocycles. The Morgan fingerprint density at radius 3 is 2.71 bits per heavy atom. The third-order valence-corrected chi connectivity index (χ3v) is 4.66. The molecule has 0 aliphatic rings. The van der Waals surface area contributed by atoms with Gasteiger partial charge in [-0.1, -0.05) is 22.8 Å². The number of hydrogen-bond acceptors (Lipinski definition) is 8. The summed E-state index contributed by atoms with van der Waals surface area (Å²) < 4.78 is 21.1.